The Bertz CT molecular complexity index is 569. The monoisotopic (exact) mass is 258 g/mol. The molecule has 1 unspecified atom stereocenters. The number of hydrogen-bond donors (Lipinski definition) is 2. The molecule has 0 spiro atoms. The Kier molecular flexibility index (Phi) is 4.34. The first-order valence-corrected chi connectivity index (χ1v) is 6.49. The fourth-order valence-electron chi connectivity index (χ4n) is 2.03. The predicted octanol–water partition coefficient (Wildman–Crippen LogP) is 3.29. The second-order valence-corrected chi connectivity index (χ2v) is 4.72. The van der Waals surface area contributed by atoms with Crippen molar-refractivity contribution in [3.63, 3.8) is 0 Å². The molecule has 2 aromatic rings. The van der Waals surface area contributed by atoms with Gasteiger partial charge in [-0.1, -0.05) is 18.2 Å². The number of anilines is 1. The van der Waals surface area contributed by atoms with E-state index in [1.165, 1.54) is 0 Å². The van der Waals surface area contributed by atoms with Crippen LogP contribution < -0.4 is 5.32 Å². The molecule has 0 aliphatic rings. The van der Waals surface area contributed by atoms with Crippen molar-refractivity contribution in [1.82, 2.24) is 4.98 Å². The van der Waals surface area contributed by atoms with Gasteiger partial charge in [-0.3, -0.25) is 4.79 Å². The molecule has 0 aliphatic heterocycles. The second-order valence-electron chi connectivity index (χ2n) is 4.72. The first-order valence-electron chi connectivity index (χ1n) is 6.49. The molecule has 2 rings (SSSR count). The molecule has 4 nitrogen and oxygen atoms in total. The number of pyridine rings is 1. The number of carbonyl (C=O) groups is 1. The van der Waals surface area contributed by atoms with Gasteiger partial charge in [-0.25, -0.2) is 4.98 Å². The fourth-order valence-corrected chi connectivity index (χ4v) is 2.03. The molecule has 19 heavy (non-hydrogen) atoms. The molecule has 100 valence electrons. The summed E-state index contributed by atoms with van der Waals surface area (Å²) in [6.45, 7) is 2.04. The summed E-state index contributed by atoms with van der Waals surface area (Å²) in [7, 11) is 0. The summed E-state index contributed by atoms with van der Waals surface area (Å²) in [5.74, 6) is 0.0950. The van der Waals surface area contributed by atoms with Crippen LogP contribution in [-0.2, 0) is 4.79 Å². The minimum absolute atomic E-state index is 0.216. The number of aromatic nitrogens is 1. The van der Waals surface area contributed by atoms with Crippen LogP contribution in [0.2, 0.25) is 0 Å². The van der Waals surface area contributed by atoms with Gasteiger partial charge in [-0.05, 0) is 38.0 Å². The van der Waals surface area contributed by atoms with E-state index in [2.05, 4.69) is 10.3 Å². The van der Waals surface area contributed by atoms with Crippen LogP contribution in [0.15, 0.2) is 36.4 Å². The maximum Gasteiger partial charge on any atom is 0.303 e. The molecule has 1 aromatic heterocycles. The number of carboxylic acid groups (broad SMARTS) is 1. The summed E-state index contributed by atoms with van der Waals surface area (Å²) < 4.78 is 0. The molecule has 0 amide bonds. The standard InChI is InChI=1S/C15H18N2O2/c1-11(5-4-8-15(18)19)16-14-10-9-12-6-2-3-7-13(12)17-14/h2-3,6-7,9-11H,4-5,8H2,1H3,(H,16,17)(H,18,19). The summed E-state index contributed by atoms with van der Waals surface area (Å²) >= 11 is 0. The van der Waals surface area contributed by atoms with Gasteiger partial charge in [0, 0.05) is 17.8 Å². The zero-order valence-corrected chi connectivity index (χ0v) is 11.0. The Morgan fingerprint density at radius 2 is 2.11 bits per heavy atom. The Morgan fingerprint density at radius 3 is 2.89 bits per heavy atom. The topological polar surface area (TPSA) is 62.2 Å². The highest BCUT2D eigenvalue weighted by molar-refractivity contribution is 5.80. The average molecular weight is 258 g/mol. The number of rotatable bonds is 6. The predicted molar refractivity (Wildman–Crippen MR) is 76.3 cm³/mol. The molecule has 0 radical (unpaired) electrons. The van der Waals surface area contributed by atoms with E-state index in [1.807, 2.05) is 43.3 Å². The molecule has 1 heterocycles. The molecule has 1 atom stereocenters. The Morgan fingerprint density at radius 1 is 1.32 bits per heavy atom. The van der Waals surface area contributed by atoms with Crippen LogP contribution in [0.5, 0.6) is 0 Å². The van der Waals surface area contributed by atoms with Crippen molar-refractivity contribution in [3.8, 4) is 0 Å². The van der Waals surface area contributed by atoms with Gasteiger partial charge in [0.1, 0.15) is 5.82 Å². The number of carboxylic acids is 1. The van der Waals surface area contributed by atoms with Gasteiger partial charge in [-0.2, -0.15) is 0 Å². The van der Waals surface area contributed by atoms with E-state index in [0.717, 1.165) is 23.1 Å². The van der Waals surface area contributed by atoms with Crippen molar-refractivity contribution in [2.75, 3.05) is 5.32 Å². The average Bonchev–Trinajstić information content (AvgIpc) is 2.38. The maximum atomic E-state index is 10.5. The van der Waals surface area contributed by atoms with E-state index in [1.54, 1.807) is 0 Å². The summed E-state index contributed by atoms with van der Waals surface area (Å²) in [6, 6.07) is 12.2. The number of nitrogens with zero attached hydrogens (tertiary/aromatic N) is 1. The highest BCUT2D eigenvalue weighted by atomic mass is 16.4. The van der Waals surface area contributed by atoms with Crippen LogP contribution in [-0.4, -0.2) is 22.1 Å². The summed E-state index contributed by atoms with van der Waals surface area (Å²) in [4.78, 5) is 15.0. The summed E-state index contributed by atoms with van der Waals surface area (Å²) in [5.41, 5.74) is 0.963. The van der Waals surface area contributed by atoms with Gasteiger partial charge < -0.3 is 10.4 Å². The van der Waals surface area contributed by atoms with Crippen molar-refractivity contribution in [3.05, 3.63) is 36.4 Å². The lowest BCUT2D eigenvalue weighted by atomic mass is 10.1. The Hall–Kier alpha value is -2.10. The van der Waals surface area contributed by atoms with E-state index in [0.29, 0.717) is 6.42 Å². The number of aliphatic carboxylic acids is 1. The minimum Gasteiger partial charge on any atom is -0.481 e. The van der Waals surface area contributed by atoms with Crippen molar-refractivity contribution < 1.29 is 9.90 Å². The first kappa shape index (κ1) is 13.3. The lowest BCUT2D eigenvalue weighted by Gasteiger charge is -2.14. The molecule has 4 heteroatoms. The lowest BCUT2D eigenvalue weighted by Crippen LogP contribution is -2.16. The van der Waals surface area contributed by atoms with E-state index in [9.17, 15) is 4.79 Å². The highest BCUT2D eigenvalue weighted by Gasteiger charge is 2.05. The molecule has 0 aliphatic carbocycles. The zero-order chi connectivity index (χ0) is 13.7. The molecule has 0 saturated heterocycles. The van der Waals surface area contributed by atoms with Gasteiger partial charge in [0.05, 0.1) is 5.52 Å². The Labute approximate surface area is 112 Å². The van der Waals surface area contributed by atoms with Gasteiger partial charge >= 0.3 is 5.97 Å². The Balaban J connectivity index is 1.95. The molecule has 0 bridgehead atoms. The molecular formula is C15H18N2O2. The van der Waals surface area contributed by atoms with Crippen molar-refractivity contribution in [1.29, 1.82) is 0 Å². The van der Waals surface area contributed by atoms with Gasteiger partial charge in [0.2, 0.25) is 0 Å². The van der Waals surface area contributed by atoms with Gasteiger partial charge in [0.15, 0.2) is 0 Å². The summed E-state index contributed by atoms with van der Waals surface area (Å²) in [5, 5.41) is 13.0. The van der Waals surface area contributed by atoms with Crippen molar-refractivity contribution >= 4 is 22.7 Å². The second kappa shape index (κ2) is 6.18. The van der Waals surface area contributed by atoms with Crippen molar-refractivity contribution in [2.45, 2.75) is 32.2 Å². The molecule has 0 saturated carbocycles. The van der Waals surface area contributed by atoms with Crippen LogP contribution in [0.4, 0.5) is 5.82 Å². The number of hydrogen-bond acceptors (Lipinski definition) is 3. The fraction of sp³-hybridized carbons (Fsp3) is 0.333. The van der Waals surface area contributed by atoms with E-state index < -0.39 is 5.97 Å². The third-order valence-electron chi connectivity index (χ3n) is 3.02. The number of para-hydroxylation sites is 1. The quantitative estimate of drug-likeness (QED) is 0.834. The molecular weight excluding hydrogens is 240 g/mol. The molecule has 0 fully saturated rings. The van der Waals surface area contributed by atoms with Gasteiger partial charge in [-0.15, -0.1) is 0 Å². The van der Waals surface area contributed by atoms with Crippen LogP contribution >= 0.6 is 0 Å². The largest absolute Gasteiger partial charge is 0.481 e. The van der Waals surface area contributed by atoms with Crippen molar-refractivity contribution in [2.24, 2.45) is 0 Å². The van der Waals surface area contributed by atoms with Gasteiger partial charge in [0.25, 0.3) is 0 Å². The summed E-state index contributed by atoms with van der Waals surface area (Å²) in [6.07, 6.45) is 1.72. The number of nitrogens with one attached hydrogen (secondary N) is 1. The van der Waals surface area contributed by atoms with Crippen LogP contribution in [0.25, 0.3) is 10.9 Å². The van der Waals surface area contributed by atoms with Crippen LogP contribution in [0.3, 0.4) is 0 Å². The number of benzene rings is 1. The number of fused-ring (bicyclic) bond motifs is 1. The third-order valence-corrected chi connectivity index (χ3v) is 3.02. The normalized spacial score (nSPS) is 12.3. The molecule has 2 N–H and O–H groups in total. The van der Waals surface area contributed by atoms with E-state index >= 15 is 0 Å². The maximum absolute atomic E-state index is 10.5. The van der Waals surface area contributed by atoms with E-state index in [4.69, 9.17) is 5.11 Å². The van der Waals surface area contributed by atoms with Crippen LogP contribution in [0.1, 0.15) is 26.2 Å². The SMILES string of the molecule is CC(CCCC(=O)O)Nc1ccc2ccccc2n1. The minimum atomic E-state index is -0.740. The van der Waals surface area contributed by atoms with Crippen LogP contribution in [0, 0.1) is 0 Å². The highest BCUT2D eigenvalue weighted by Crippen LogP contribution is 2.16. The lowest BCUT2D eigenvalue weighted by molar-refractivity contribution is -0.137. The zero-order valence-electron chi connectivity index (χ0n) is 11.0. The first-order chi connectivity index (χ1) is 9.15. The molecule has 1 aromatic carbocycles. The van der Waals surface area contributed by atoms with E-state index in [-0.39, 0.29) is 12.5 Å². The smallest absolute Gasteiger partial charge is 0.303 e. The third kappa shape index (κ3) is 3.95.